The van der Waals surface area contributed by atoms with Crippen LogP contribution in [0, 0.1) is 0 Å². The molecule has 2 heterocycles. The highest BCUT2D eigenvalue weighted by Gasteiger charge is 2.12. The van der Waals surface area contributed by atoms with Crippen molar-refractivity contribution in [1.82, 2.24) is 15.3 Å². The summed E-state index contributed by atoms with van der Waals surface area (Å²) in [5.41, 5.74) is 4.45. The number of fused-ring (bicyclic) bond motifs is 1. The van der Waals surface area contributed by atoms with Crippen LogP contribution >= 0.6 is 0 Å². The molecule has 1 aromatic heterocycles. The Bertz CT molecular complexity index is 783. The molecule has 0 saturated carbocycles. The number of aliphatic imine (C=N–C) groups is 1. The van der Waals surface area contributed by atoms with Crippen molar-refractivity contribution in [1.29, 1.82) is 0 Å². The molecule has 4 heteroatoms. The number of hydrogen-bond donors (Lipinski definition) is 2. The standard InChI is InChI=1S/C17H16N4/c1-2-6-13(12(5-1)11-16-18-9-10-19-16)17-20-14-7-3-4-8-15(14)21-17/h1-8H,9-11H2,(H,18,19)(H,20,21). The Balaban J connectivity index is 1.76. The van der Waals surface area contributed by atoms with Crippen LogP contribution in [0.4, 0.5) is 0 Å². The zero-order chi connectivity index (χ0) is 14.1. The minimum absolute atomic E-state index is 0.827. The Kier molecular flexibility index (Phi) is 2.92. The molecule has 104 valence electrons. The lowest BCUT2D eigenvalue weighted by Gasteiger charge is -2.07. The summed E-state index contributed by atoms with van der Waals surface area (Å²) in [6, 6.07) is 16.5. The molecule has 0 radical (unpaired) electrons. The zero-order valence-electron chi connectivity index (χ0n) is 11.6. The molecule has 2 aromatic carbocycles. The lowest BCUT2D eigenvalue weighted by atomic mass is 10.0. The highest BCUT2D eigenvalue weighted by Crippen LogP contribution is 2.24. The van der Waals surface area contributed by atoms with E-state index in [9.17, 15) is 0 Å². The van der Waals surface area contributed by atoms with Crippen molar-refractivity contribution in [3.8, 4) is 11.4 Å². The Labute approximate surface area is 122 Å². The van der Waals surface area contributed by atoms with Gasteiger partial charge in [-0.1, -0.05) is 36.4 Å². The molecular formula is C17H16N4. The van der Waals surface area contributed by atoms with E-state index >= 15 is 0 Å². The summed E-state index contributed by atoms with van der Waals surface area (Å²) in [6.45, 7) is 1.82. The van der Waals surface area contributed by atoms with Crippen molar-refractivity contribution in [2.24, 2.45) is 4.99 Å². The molecule has 1 aliphatic heterocycles. The summed E-state index contributed by atoms with van der Waals surface area (Å²) < 4.78 is 0. The third kappa shape index (κ3) is 2.29. The van der Waals surface area contributed by atoms with Gasteiger partial charge in [0.25, 0.3) is 0 Å². The van der Waals surface area contributed by atoms with Gasteiger partial charge in [0.2, 0.25) is 0 Å². The lowest BCUT2D eigenvalue weighted by molar-refractivity contribution is 0.953. The number of imidazole rings is 1. The third-order valence-electron chi connectivity index (χ3n) is 3.76. The van der Waals surface area contributed by atoms with E-state index in [2.05, 4.69) is 45.6 Å². The topological polar surface area (TPSA) is 53.1 Å². The first-order chi connectivity index (χ1) is 10.4. The first-order valence-corrected chi connectivity index (χ1v) is 7.20. The van der Waals surface area contributed by atoms with E-state index in [4.69, 9.17) is 4.98 Å². The number of H-pyrrole nitrogens is 1. The molecule has 0 aliphatic carbocycles. The number of hydrogen-bond acceptors (Lipinski definition) is 3. The van der Waals surface area contributed by atoms with E-state index in [1.54, 1.807) is 0 Å². The summed E-state index contributed by atoms with van der Waals surface area (Å²) >= 11 is 0. The lowest BCUT2D eigenvalue weighted by Crippen LogP contribution is -2.20. The number of rotatable bonds is 3. The normalized spacial score (nSPS) is 14.2. The van der Waals surface area contributed by atoms with Crippen LogP contribution in [0.25, 0.3) is 22.4 Å². The second-order valence-electron chi connectivity index (χ2n) is 5.19. The number of amidine groups is 1. The molecule has 4 nitrogen and oxygen atoms in total. The molecule has 0 unspecified atom stereocenters. The summed E-state index contributed by atoms with van der Waals surface area (Å²) in [5.74, 6) is 1.99. The van der Waals surface area contributed by atoms with Gasteiger partial charge in [0.1, 0.15) is 11.7 Å². The minimum atomic E-state index is 0.827. The van der Waals surface area contributed by atoms with E-state index in [1.165, 1.54) is 5.56 Å². The molecule has 1 aliphatic rings. The first kappa shape index (κ1) is 12.1. The molecule has 0 fully saturated rings. The average molecular weight is 276 g/mol. The number of nitrogens with zero attached hydrogens (tertiary/aromatic N) is 2. The SMILES string of the molecule is c1ccc(-c2nc3ccccc3[nH]2)c(CC2=NCCN2)c1. The van der Waals surface area contributed by atoms with Gasteiger partial charge in [0.15, 0.2) is 0 Å². The van der Waals surface area contributed by atoms with E-state index in [0.717, 1.165) is 47.8 Å². The van der Waals surface area contributed by atoms with E-state index in [1.807, 2.05) is 18.2 Å². The summed E-state index contributed by atoms with van der Waals surface area (Å²) in [6.07, 6.45) is 0.827. The van der Waals surface area contributed by atoms with Gasteiger partial charge in [-0.25, -0.2) is 4.98 Å². The smallest absolute Gasteiger partial charge is 0.138 e. The largest absolute Gasteiger partial charge is 0.372 e. The van der Waals surface area contributed by atoms with Crippen molar-refractivity contribution in [2.45, 2.75) is 6.42 Å². The van der Waals surface area contributed by atoms with E-state index in [-0.39, 0.29) is 0 Å². The van der Waals surface area contributed by atoms with Gasteiger partial charge in [-0.2, -0.15) is 0 Å². The molecule has 0 bridgehead atoms. The van der Waals surface area contributed by atoms with Crippen molar-refractivity contribution in [3.63, 3.8) is 0 Å². The maximum Gasteiger partial charge on any atom is 0.138 e. The van der Waals surface area contributed by atoms with Gasteiger partial charge < -0.3 is 10.3 Å². The number of para-hydroxylation sites is 2. The number of aromatic amines is 1. The van der Waals surface area contributed by atoms with Crippen LogP contribution in [-0.2, 0) is 6.42 Å². The highest BCUT2D eigenvalue weighted by molar-refractivity contribution is 5.88. The van der Waals surface area contributed by atoms with Gasteiger partial charge in [0, 0.05) is 18.5 Å². The molecule has 0 saturated heterocycles. The van der Waals surface area contributed by atoms with Gasteiger partial charge in [-0.05, 0) is 17.7 Å². The summed E-state index contributed by atoms with van der Waals surface area (Å²) in [5, 5.41) is 3.33. The van der Waals surface area contributed by atoms with Crippen molar-refractivity contribution in [2.75, 3.05) is 13.1 Å². The van der Waals surface area contributed by atoms with Crippen LogP contribution in [0.1, 0.15) is 5.56 Å². The summed E-state index contributed by atoms with van der Waals surface area (Å²) in [7, 11) is 0. The van der Waals surface area contributed by atoms with Crippen LogP contribution in [0.5, 0.6) is 0 Å². The molecule has 21 heavy (non-hydrogen) atoms. The Morgan fingerprint density at radius 1 is 1.00 bits per heavy atom. The van der Waals surface area contributed by atoms with Crippen LogP contribution in [0.2, 0.25) is 0 Å². The maximum absolute atomic E-state index is 4.70. The molecule has 3 aromatic rings. The maximum atomic E-state index is 4.70. The fourth-order valence-electron chi connectivity index (χ4n) is 2.73. The molecule has 4 rings (SSSR count). The van der Waals surface area contributed by atoms with Gasteiger partial charge >= 0.3 is 0 Å². The minimum Gasteiger partial charge on any atom is -0.372 e. The Morgan fingerprint density at radius 3 is 2.71 bits per heavy atom. The Hall–Kier alpha value is -2.62. The van der Waals surface area contributed by atoms with Crippen LogP contribution in [0.3, 0.4) is 0 Å². The molecule has 2 N–H and O–H groups in total. The monoisotopic (exact) mass is 276 g/mol. The van der Waals surface area contributed by atoms with Gasteiger partial charge in [-0.3, -0.25) is 4.99 Å². The number of aromatic nitrogens is 2. The first-order valence-electron chi connectivity index (χ1n) is 7.20. The van der Waals surface area contributed by atoms with Crippen molar-refractivity contribution < 1.29 is 0 Å². The van der Waals surface area contributed by atoms with E-state index < -0.39 is 0 Å². The highest BCUT2D eigenvalue weighted by atomic mass is 15.1. The number of nitrogens with one attached hydrogen (secondary N) is 2. The van der Waals surface area contributed by atoms with Crippen LogP contribution in [0.15, 0.2) is 53.5 Å². The molecule has 0 spiro atoms. The molecule has 0 amide bonds. The molecular weight excluding hydrogens is 260 g/mol. The second kappa shape index (κ2) is 5.05. The Morgan fingerprint density at radius 2 is 1.86 bits per heavy atom. The van der Waals surface area contributed by atoms with Crippen molar-refractivity contribution >= 4 is 16.9 Å². The van der Waals surface area contributed by atoms with E-state index in [0.29, 0.717) is 0 Å². The average Bonchev–Trinajstić information content (AvgIpc) is 3.16. The van der Waals surface area contributed by atoms with Crippen LogP contribution < -0.4 is 5.32 Å². The fraction of sp³-hybridized carbons (Fsp3) is 0.176. The summed E-state index contributed by atoms with van der Waals surface area (Å²) in [4.78, 5) is 12.6. The van der Waals surface area contributed by atoms with Gasteiger partial charge in [0.05, 0.1) is 17.6 Å². The van der Waals surface area contributed by atoms with Crippen molar-refractivity contribution in [3.05, 3.63) is 54.1 Å². The predicted octanol–water partition coefficient (Wildman–Crippen LogP) is 2.77. The van der Waals surface area contributed by atoms with Crippen LogP contribution in [-0.4, -0.2) is 28.9 Å². The molecule has 0 atom stereocenters. The zero-order valence-corrected chi connectivity index (χ0v) is 11.6. The quantitative estimate of drug-likeness (QED) is 0.773. The fourth-order valence-corrected chi connectivity index (χ4v) is 2.73. The second-order valence-corrected chi connectivity index (χ2v) is 5.19. The van der Waals surface area contributed by atoms with Gasteiger partial charge in [-0.15, -0.1) is 0 Å². The third-order valence-corrected chi connectivity index (χ3v) is 3.76. The number of benzene rings is 2. The predicted molar refractivity (Wildman–Crippen MR) is 85.5 cm³/mol.